The van der Waals surface area contributed by atoms with Crippen molar-refractivity contribution in [1.82, 2.24) is 20.3 Å². The zero-order valence-electron chi connectivity index (χ0n) is 12.5. The first-order chi connectivity index (χ1) is 10.3. The number of fused-ring (bicyclic) bond motifs is 1. The molecule has 0 unspecified atom stereocenters. The maximum Gasteiger partial charge on any atom is 0.0964 e. The van der Waals surface area contributed by atoms with E-state index in [-0.39, 0.29) is 0 Å². The number of methoxy groups -OCH3 is 1. The fourth-order valence-corrected chi connectivity index (χ4v) is 2.80. The maximum atomic E-state index is 5.00. The van der Waals surface area contributed by atoms with Gasteiger partial charge in [-0.3, -0.25) is 0 Å². The van der Waals surface area contributed by atoms with Gasteiger partial charge in [0.25, 0.3) is 0 Å². The van der Waals surface area contributed by atoms with Crippen LogP contribution in [-0.4, -0.2) is 35.3 Å². The number of hydrogen-bond donors (Lipinski definition) is 1. The highest BCUT2D eigenvalue weighted by Crippen LogP contribution is 2.23. The molecule has 1 N–H and O–H groups in total. The molecule has 112 valence electrons. The Labute approximate surface area is 125 Å². The van der Waals surface area contributed by atoms with Gasteiger partial charge in [0.2, 0.25) is 0 Å². The third kappa shape index (κ3) is 3.68. The molecule has 0 aliphatic heterocycles. The Kier molecular flexibility index (Phi) is 4.62. The van der Waals surface area contributed by atoms with Crippen molar-refractivity contribution in [3.05, 3.63) is 46.8 Å². The Morgan fingerprint density at radius 1 is 1.29 bits per heavy atom. The highest BCUT2D eigenvalue weighted by Gasteiger charge is 2.11. The molecule has 0 spiro atoms. The molecule has 1 aromatic carbocycles. The van der Waals surface area contributed by atoms with Crippen molar-refractivity contribution in [2.75, 3.05) is 20.3 Å². The summed E-state index contributed by atoms with van der Waals surface area (Å²) in [6.07, 6.45) is 5.75. The van der Waals surface area contributed by atoms with Gasteiger partial charge in [-0.2, -0.15) is 0 Å². The van der Waals surface area contributed by atoms with Crippen molar-refractivity contribution in [2.24, 2.45) is 0 Å². The van der Waals surface area contributed by atoms with E-state index in [1.165, 1.54) is 36.0 Å². The van der Waals surface area contributed by atoms with Gasteiger partial charge in [0.15, 0.2) is 0 Å². The van der Waals surface area contributed by atoms with Crippen molar-refractivity contribution in [3.8, 4) is 0 Å². The summed E-state index contributed by atoms with van der Waals surface area (Å²) in [6, 6.07) is 6.80. The highest BCUT2D eigenvalue weighted by atomic mass is 16.5. The molecule has 0 bridgehead atoms. The molecule has 2 aromatic rings. The van der Waals surface area contributed by atoms with E-state index in [0.29, 0.717) is 6.61 Å². The molecule has 0 saturated carbocycles. The molecular formula is C16H22N4O. The molecule has 1 aromatic heterocycles. The molecule has 0 saturated heterocycles. The van der Waals surface area contributed by atoms with Crippen molar-refractivity contribution in [3.63, 3.8) is 0 Å². The highest BCUT2D eigenvalue weighted by molar-refractivity contribution is 5.35. The van der Waals surface area contributed by atoms with Crippen LogP contribution in [0.15, 0.2) is 24.4 Å². The van der Waals surface area contributed by atoms with E-state index >= 15 is 0 Å². The average Bonchev–Trinajstić information content (AvgIpc) is 3.12. The van der Waals surface area contributed by atoms with Crippen molar-refractivity contribution in [1.29, 1.82) is 0 Å². The van der Waals surface area contributed by atoms with E-state index in [1.807, 2.05) is 10.9 Å². The van der Waals surface area contributed by atoms with Crippen LogP contribution < -0.4 is 5.32 Å². The van der Waals surface area contributed by atoms with Gasteiger partial charge in [-0.05, 0) is 36.0 Å². The summed E-state index contributed by atoms with van der Waals surface area (Å²) in [4.78, 5) is 0. The number of benzene rings is 1. The zero-order chi connectivity index (χ0) is 14.5. The average molecular weight is 286 g/mol. The zero-order valence-corrected chi connectivity index (χ0v) is 12.5. The molecule has 5 heteroatoms. The van der Waals surface area contributed by atoms with Crippen LogP contribution in [0.1, 0.15) is 28.8 Å². The lowest BCUT2D eigenvalue weighted by atomic mass is 10.1. The van der Waals surface area contributed by atoms with Crippen molar-refractivity contribution in [2.45, 2.75) is 32.4 Å². The lowest BCUT2D eigenvalue weighted by molar-refractivity contribution is 0.199. The largest absolute Gasteiger partial charge is 0.383 e. The first-order valence-electron chi connectivity index (χ1n) is 7.54. The van der Waals surface area contributed by atoms with Crippen LogP contribution in [0.4, 0.5) is 0 Å². The third-order valence-corrected chi connectivity index (χ3v) is 3.88. The number of nitrogens with one attached hydrogen (secondary N) is 1. The summed E-state index contributed by atoms with van der Waals surface area (Å²) in [7, 11) is 1.70. The molecule has 21 heavy (non-hydrogen) atoms. The summed E-state index contributed by atoms with van der Waals surface area (Å²) in [6.45, 7) is 3.06. The second kappa shape index (κ2) is 6.83. The summed E-state index contributed by atoms with van der Waals surface area (Å²) >= 11 is 0. The molecular weight excluding hydrogens is 264 g/mol. The third-order valence-electron chi connectivity index (χ3n) is 3.88. The minimum atomic E-state index is 0.712. The van der Waals surface area contributed by atoms with Crippen LogP contribution in [0.2, 0.25) is 0 Å². The first kappa shape index (κ1) is 14.2. The smallest absolute Gasteiger partial charge is 0.0964 e. The van der Waals surface area contributed by atoms with Gasteiger partial charge in [-0.25, -0.2) is 4.68 Å². The molecule has 0 amide bonds. The quantitative estimate of drug-likeness (QED) is 0.785. The van der Waals surface area contributed by atoms with Crippen molar-refractivity contribution >= 4 is 0 Å². The van der Waals surface area contributed by atoms with Gasteiger partial charge in [0, 0.05) is 20.2 Å². The summed E-state index contributed by atoms with van der Waals surface area (Å²) in [5, 5.41) is 11.7. The second-order valence-corrected chi connectivity index (χ2v) is 5.53. The van der Waals surface area contributed by atoms with E-state index < -0.39 is 0 Å². The Balaban J connectivity index is 1.57. The van der Waals surface area contributed by atoms with Crippen LogP contribution >= 0.6 is 0 Å². The van der Waals surface area contributed by atoms with Crippen molar-refractivity contribution < 1.29 is 4.74 Å². The second-order valence-electron chi connectivity index (χ2n) is 5.53. The summed E-state index contributed by atoms with van der Waals surface area (Å²) in [5.41, 5.74) is 5.29. The van der Waals surface area contributed by atoms with Crippen LogP contribution in [-0.2, 0) is 30.7 Å². The lowest BCUT2D eigenvalue weighted by Gasteiger charge is -2.04. The fraction of sp³-hybridized carbons (Fsp3) is 0.500. The van der Waals surface area contributed by atoms with E-state index in [1.54, 1.807) is 7.11 Å². The molecule has 1 aliphatic carbocycles. The summed E-state index contributed by atoms with van der Waals surface area (Å²) < 4.78 is 6.90. The summed E-state index contributed by atoms with van der Waals surface area (Å²) in [5.74, 6) is 0. The Morgan fingerprint density at radius 2 is 2.19 bits per heavy atom. The number of ether oxygens (including phenoxy) is 1. The molecule has 1 heterocycles. The number of nitrogens with zero attached hydrogens (tertiary/aromatic N) is 3. The van der Waals surface area contributed by atoms with Gasteiger partial charge >= 0.3 is 0 Å². The lowest BCUT2D eigenvalue weighted by Crippen LogP contribution is -2.18. The van der Waals surface area contributed by atoms with Crippen LogP contribution in [0.3, 0.4) is 0 Å². The van der Waals surface area contributed by atoms with E-state index in [2.05, 4.69) is 33.8 Å². The Morgan fingerprint density at radius 3 is 3.10 bits per heavy atom. The molecule has 1 aliphatic rings. The number of aromatic nitrogens is 3. The molecule has 0 atom stereocenters. The van der Waals surface area contributed by atoms with Gasteiger partial charge in [0.1, 0.15) is 0 Å². The van der Waals surface area contributed by atoms with E-state index in [0.717, 1.165) is 25.3 Å². The normalized spacial score (nSPS) is 13.6. The predicted octanol–water partition coefficient (Wildman–Crippen LogP) is 1.55. The van der Waals surface area contributed by atoms with E-state index in [4.69, 9.17) is 4.74 Å². The molecule has 5 nitrogen and oxygen atoms in total. The maximum absolute atomic E-state index is 5.00. The SMILES string of the molecule is COCCNCc1cn(Cc2ccc3c(c2)CCC3)nn1. The van der Waals surface area contributed by atoms with Gasteiger partial charge < -0.3 is 10.1 Å². The van der Waals surface area contributed by atoms with Gasteiger partial charge in [0.05, 0.1) is 25.0 Å². The molecule has 3 rings (SSSR count). The van der Waals surface area contributed by atoms with Gasteiger partial charge in [-0.15, -0.1) is 5.10 Å². The van der Waals surface area contributed by atoms with E-state index in [9.17, 15) is 0 Å². The standard InChI is InChI=1S/C16H22N4O/c1-21-8-7-17-10-16-12-20(19-18-16)11-13-5-6-14-3-2-4-15(14)9-13/h5-6,9,12,17H,2-4,7-8,10-11H2,1H3. The first-order valence-corrected chi connectivity index (χ1v) is 7.54. The molecule has 0 fully saturated rings. The topological polar surface area (TPSA) is 52.0 Å². The predicted molar refractivity (Wildman–Crippen MR) is 81.2 cm³/mol. The molecule has 0 radical (unpaired) electrons. The Hall–Kier alpha value is -1.72. The van der Waals surface area contributed by atoms with Gasteiger partial charge in [-0.1, -0.05) is 23.4 Å². The fourth-order valence-electron chi connectivity index (χ4n) is 2.80. The Bertz CT molecular complexity index is 594. The van der Waals surface area contributed by atoms with Crippen LogP contribution in [0, 0.1) is 0 Å². The number of hydrogen-bond acceptors (Lipinski definition) is 4. The minimum absolute atomic E-state index is 0.712. The monoisotopic (exact) mass is 286 g/mol. The number of rotatable bonds is 7. The number of aryl methyl sites for hydroxylation is 2. The minimum Gasteiger partial charge on any atom is -0.383 e. The van der Waals surface area contributed by atoms with Crippen LogP contribution in [0.5, 0.6) is 0 Å². The van der Waals surface area contributed by atoms with Crippen LogP contribution in [0.25, 0.3) is 0 Å².